The van der Waals surface area contributed by atoms with Crippen molar-refractivity contribution < 1.29 is 19.0 Å². The third kappa shape index (κ3) is 3.55. The molecule has 0 N–H and O–H groups in total. The molecule has 2 atom stereocenters. The van der Waals surface area contributed by atoms with E-state index in [9.17, 15) is 10.1 Å². The molecule has 0 aliphatic carbocycles. The molecule has 1 saturated heterocycles. The van der Waals surface area contributed by atoms with Gasteiger partial charge in [-0.2, -0.15) is 5.26 Å². The number of cyclic esters (lactones) is 1. The summed E-state index contributed by atoms with van der Waals surface area (Å²) in [7, 11) is 1.57. The molecule has 1 fully saturated rings. The number of halogens is 1. The van der Waals surface area contributed by atoms with Crippen molar-refractivity contribution in [3.8, 4) is 23.3 Å². The fourth-order valence-electron chi connectivity index (χ4n) is 4.03. The maximum Gasteiger partial charge on any atom is 0.308 e. The van der Waals surface area contributed by atoms with E-state index in [1.165, 1.54) is 0 Å². The molecule has 31 heavy (non-hydrogen) atoms. The number of hydrogen-bond donors (Lipinski definition) is 0. The van der Waals surface area contributed by atoms with Crippen LogP contribution in [0.3, 0.4) is 0 Å². The smallest absolute Gasteiger partial charge is 0.308 e. The summed E-state index contributed by atoms with van der Waals surface area (Å²) in [5.41, 5.74) is -0.966. The lowest BCUT2D eigenvalue weighted by Gasteiger charge is -2.36. The molecule has 1 unspecified atom stereocenters. The zero-order chi connectivity index (χ0) is 22.1. The number of nitrogens with zero attached hydrogens (tertiary/aromatic N) is 1. The topological polar surface area (TPSA) is 68.5 Å². The van der Waals surface area contributed by atoms with Gasteiger partial charge in [-0.25, -0.2) is 0 Å². The van der Waals surface area contributed by atoms with E-state index in [-0.39, 0.29) is 6.42 Å². The number of rotatable bonds is 5. The molecule has 1 aliphatic heterocycles. The summed E-state index contributed by atoms with van der Waals surface area (Å²) in [5, 5.41) is 10.3. The Hall–Kier alpha value is -3.30. The monoisotopic (exact) mass is 477 g/mol. The number of esters is 1. The first-order valence-electron chi connectivity index (χ1n) is 9.72. The van der Waals surface area contributed by atoms with Crippen molar-refractivity contribution in [2.75, 3.05) is 7.11 Å². The van der Waals surface area contributed by atoms with Gasteiger partial charge in [0.25, 0.3) is 0 Å². The van der Waals surface area contributed by atoms with Gasteiger partial charge >= 0.3 is 5.97 Å². The number of carbonyl (C=O) groups excluding carboxylic acids is 1. The third-order valence-electron chi connectivity index (χ3n) is 5.73. The number of para-hydroxylation sites is 1. The molecule has 0 radical (unpaired) electrons. The number of hydrogen-bond acceptors (Lipinski definition) is 5. The van der Waals surface area contributed by atoms with Gasteiger partial charge in [0.2, 0.25) is 5.60 Å². The molecule has 0 aromatic heterocycles. The largest absolute Gasteiger partial charge is 0.496 e. The second-order valence-electron chi connectivity index (χ2n) is 7.56. The van der Waals surface area contributed by atoms with Crippen molar-refractivity contribution in [1.82, 2.24) is 0 Å². The predicted octanol–water partition coefficient (Wildman–Crippen LogP) is 5.87. The number of ether oxygens (including phenoxy) is 3. The first kappa shape index (κ1) is 21.0. The van der Waals surface area contributed by atoms with Crippen molar-refractivity contribution >= 4 is 21.9 Å². The Balaban J connectivity index is 1.74. The Labute approximate surface area is 189 Å². The van der Waals surface area contributed by atoms with Crippen LogP contribution in [0.1, 0.15) is 24.5 Å². The Kier molecular flexibility index (Phi) is 5.47. The van der Waals surface area contributed by atoms with Gasteiger partial charge in [-0.15, -0.1) is 0 Å². The summed E-state index contributed by atoms with van der Waals surface area (Å²) in [6.07, 6.45) is 0.0864. The summed E-state index contributed by atoms with van der Waals surface area (Å²) >= 11 is 3.47. The minimum Gasteiger partial charge on any atom is -0.496 e. The molecule has 1 aliphatic rings. The zero-order valence-electron chi connectivity index (χ0n) is 17.1. The van der Waals surface area contributed by atoms with Gasteiger partial charge < -0.3 is 14.2 Å². The first-order chi connectivity index (χ1) is 14.9. The van der Waals surface area contributed by atoms with Gasteiger partial charge in [0.15, 0.2) is 0 Å². The van der Waals surface area contributed by atoms with Crippen LogP contribution >= 0.6 is 15.9 Å². The SMILES string of the molecule is COc1ccc([C@]2(C#N)OC(=O)CC2(C)c2ccc(Oc3ccccc3)cc2)cc1Br. The molecule has 3 aromatic rings. The minimum absolute atomic E-state index is 0.0864. The second kappa shape index (κ2) is 8.09. The van der Waals surface area contributed by atoms with Crippen LogP contribution in [0.5, 0.6) is 17.2 Å². The second-order valence-corrected chi connectivity index (χ2v) is 8.42. The lowest BCUT2D eigenvalue weighted by molar-refractivity contribution is -0.146. The van der Waals surface area contributed by atoms with Crippen LogP contribution in [-0.2, 0) is 20.5 Å². The van der Waals surface area contributed by atoms with E-state index < -0.39 is 17.0 Å². The van der Waals surface area contributed by atoms with Gasteiger partial charge in [-0.3, -0.25) is 4.79 Å². The molecule has 0 bridgehead atoms. The Bertz CT molecular complexity index is 1160. The van der Waals surface area contributed by atoms with Gasteiger partial charge in [-0.1, -0.05) is 36.4 Å². The Morgan fingerprint density at radius 2 is 1.65 bits per heavy atom. The van der Waals surface area contributed by atoms with Crippen LogP contribution in [0.15, 0.2) is 77.3 Å². The van der Waals surface area contributed by atoms with Crippen LogP contribution in [0.4, 0.5) is 0 Å². The molecule has 0 saturated carbocycles. The van der Waals surface area contributed by atoms with E-state index in [2.05, 4.69) is 22.0 Å². The highest BCUT2D eigenvalue weighted by atomic mass is 79.9. The number of benzene rings is 3. The molecular weight excluding hydrogens is 458 g/mol. The first-order valence-corrected chi connectivity index (χ1v) is 10.5. The van der Waals surface area contributed by atoms with Gasteiger partial charge in [0.1, 0.15) is 23.3 Å². The van der Waals surface area contributed by atoms with Crippen molar-refractivity contribution in [2.24, 2.45) is 0 Å². The highest BCUT2D eigenvalue weighted by Gasteiger charge is 2.60. The zero-order valence-corrected chi connectivity index (χ0v) is 18.7. The van der Waals surface area contributed by atoms with E-state index in [0.29, 0.717) is 21.5 Å². The van der Waals surface area contributed by atoms with Gasteiger partial charge in [0.05, 0.1) is 23.4 Å². The lowest BCUT2D eigenvalue weighted by atomic mass is 9.66. The van der Waals surface area contributed by atoms with E-state index in [1.807, 2.05) is 61.5 Å². The van der Waals surface area contributed by atoms with E-state index in [0.717, 1.165) is 11.3 Å². The summed E-state index contributed by atoms with van der Waals surface area (Å²) in [6.45, 7) is 1.88. The molecule has 5 nitrogen and oxygen atoms in total. The average molecular weight is 478 g/mol. The predicted molar refractivity (Wildman–Crippen MR) is 119 cm³/mol. The molecule has 0 amide bonds. The van der Waals surface area contributed by atoms with E-state index in [1.54, 1.807) is 25.3 Å². The number of carbonyl (C=O) groups is 1. The number of nitriles is 1. The maximum absolute atomic E-state index is 12.5. The van der Waals surface area contributed by atoms with Crippen molar-refractivity contribution in [3.63, 3.8) is 0 Å². The standard InChI is InChI=1S/C25H20BrNO4/c1-24(17-8-11-20(12-9-17)30-19-6-4-3-5-7-19)15-23(28)31-25(24,16-27)18-10-13-22(29-2)21(26)14-18/h3-14H,15H2,1-2H3/t24?,25-/m0/s1. The fourth-order valence-corrected chi connectivity index (χ4v) is 4.57. The molecule has 3 aromatic carbocycles. The van der Waals surface area contributed by atoms with Crippen molar-refractivity contribution in [3.05, 3.63) is 88.4 Å². The quantitative estimate of drug-likeness (QED) is 0.429. The molecule has 6 heteroatoms. The Morgan fingerprint density at radius 1 is 1.00 bits per heavy atom. The molecule has 0 spiro atoms. The summed E-state index contributed by atoms with van der Waals surface area (Å²) < 4.78 is 17.6. The fraction of sp³-hybridized carbons (Fsp3) is 0.200. The van der Waals surface area contributed by atoms with Crippen molar-refractivity contribution in [1.29, 1.82) is 5.26 Å². The minimum atomic E-state index is -1.47. The lowest BCUT2D eigenvalue weighted by Crippen LogP contribution is -2.43. The van der Waals surface area contributed by atoms with E-state index in [4.69, 9.17) is 14.2 Å². The van der Waals surface area contributed by atoms with Gasteiger partial charge in [-0.05, 0) is 64.8 Å². The molecule has 156 valence electrons. The summed E-state index contributed by atoms with van der Waals surface area (Å²) in [4.78, 5) is 12.5. The normalized spacial score (nSPS) is 22.5. The molecule has 4 rings (SSSR count). The van der Waals surface area contributed by atoms with Crippen LogP contribution in [0, 0.1) is 11.3 Å². The van der Waals surface area contributed by atoms with E-state index >= 15 is 0 Å². The maximum atomic E-state index is 12.5. The summed E-state index contributed by atoms with van der Waals surface area (Å²) in [5.74, 6) is 1.61. The van der Waals surface area contributed by atoms with Crippen molar-refractivity contribution in [2.45, 2.75) is 24.4 Å². The third-order valence-corrected chi connectivity index (χ3v) is 6.35. The molecule has 1 heterocycles. The van der Waals surface area contributed by atoms with Gasteiger partial charge in [0, 0.05) is 5.56 Å². The van der Waals surface area contributed by atoms with Crippen LogP contribution < -0.4 is 9.47 Å². The highest BCUT2D eigenvalue weighted by molar-refractivity contribution is 9.10. The van der Waals surface area contributed by atoms with Crippen LogP contribution in [-0.4, -0.2) is 13.1 Å². The number of methoxy groups -OCH3 is 1. The highest BCUT2D eigenvalue weighted by Crippen LogP contribution is 2.53. The molecular formula is C25H20BrNO4. The van der Waals surface area contributed by atoms with Crippen LogP contribution in [0.25, 0.3) is 0 Å². The average Bonchev–Trinajstić information content (AvgIpc) is 3.06. The van der Waals surface area contributed by atoms with Crippen LogP contribution in [0.2, 0.25) is 0 Å². The summed E-state index contributed by atoms with van der Waals surface area (Å²) in [6, 6.07) is 24.5. The Morgan fingerprint density at radius 3 is 2.26 bits per heavy atom.